The Balaban J connectivity index is 2.02. The first-order valence-electron chi connectivity index (χ1n) is 7.75. The van der Waals surface area contributed by atoms with E-state index in [-0.39, 0.29) is 47.8 Å². The zero-order valence-corrected chi connectivity index (χ0v) is 13.0. The van der Waals surface area contributed by atoms with E-state index in [4.69, 9.17) is 4.74 Å². The highest BCUT2D eigenvalue weighted by atomic mass is 16.6. The van der Waals surface area contributed by atoms with Gasteiger partial charge in [0.15, 0.2) is 18.1 Å². The third-order valence-electron chi connectivity index (χ3n) is 3.88. The summed E-state index contributed by atoms with van der Waals surface area (Å²) >= 11 is 0. The molecule has 0 atom stereocenters. The van der Waals surface area contributed by atoms with E-state index in [0.717, 1.165) is 25.7 Å². The zero-order valence-electron chi connectivity index (χ0n) is 13.0. The van der Waals surface area contributed by atoms with Crippen LogP contribution in [0.25, 0.3) is 0 Å². The molecule has 23 heavy (non-hydrogen) atoms. The van der Waals surface area contributed by atoms with Crippen LogP contribution in [0.1, 0.15) is 49.4 Å². The van der Waals surface area contributed by atoms with Crippen LogP contribution in [-0.4, -0.2) is 29.3 Å². The van der Waals surface area contributed by atoms with Crippen molar-refractivity contribution in [2.45, 2.75) is 45.1 Å². The third kappa shape index (κ3) is 4.51. The van der Waals surface area contributed by atoms with Crippen molar-refractivity contribution in [2.24, 2.45) is 0 Å². The summed E-state index contributed by atoms with van der Waals surface area (Å²) in [5, 5.41) is 14.0. The Bertz CT molecular complexity index is 608. The number of rotatable bonds is 7. The van der Waals surface area contributed by atoms with Crippen molar-refractivity contribution >= 4 is 17.4 Å². The number of nitro groups is 1. The highest BCUT2D eigenvalue weighted by molar-refractivity contribution is 5.96. The Labute approximate surface area is 134 Å². The van der Waals surface area contributed by atoms with E-state index in [0.29, 0.717) is 0 Å². The summed E-state index contributed by atoms with van der Waals surface area (Å²) in [5.41, 5.74) is -0.0417. The lowest BCUT2D eigenvalue weighted by Gasteiger charge is -2.12. The molecule has 7 nitrogen and oxygen atoms in total. The molecule has 1 N–H and O–H groups in total. The van der Waals surface area contributed by atoms with Gasteiger partial charge in [-0.3, -0.25) is 19.7 Å². The van der Waals surface area contributed by atoms with Gasteiger partial charge in [-0.1, -0.05) is 19.8 Å². The van der Waals surface area contributed by atoms with Crippen LogP contribution in [0.15, 0.2) is 18.2 Å². The second-order valence-electron chi connectivity index (χ2n) is 5.55. The summed E-state index contributed by atoms with van der Waals surface area (Å²) in [5.74, 6) is -0.484. The zero-order chi connectivity index (χ0) is 16.8. The van der Waals surface area contributed by atoms with Crippen molar-refractivity contribution in [1.29, 1.82) is 0 Å². The molecule has 1 aromatic carbocycles. The van der Waals surface area contributed by atoms with E-state index < -0.39 is 4.92 Å². The molecule has 0 spiro atoms. The van der Waals surface area contributed by atoms with Gasteiger partial charge in [0.2, 0.25) is 0 Å². The lowest BCUT2D eigenvalue weighted by Crippen LogP contribution is -2.36. The van der Waals surface area contributed by atoms with Crippen LogP contribution >= 0.6 is 0 Å². The largest absolute Gasteiger partial charge is 0.477 e. The van der Waals surface area contributed by atoms with Crippen molar-refractivity contribution in [2.75, 3.05) is 6.61 Å². The molecular weight excluding hydrogens is 300 g/mol. The van der Waals surface area contributed by atoms with E-state index in [1.165, 1.54) is 18.2 Å². The second-order valence-corrected chi connectivity index (χ2v) is 5.55. The number of carbonyl (C=O) groups excluding carboxylic acids is 2. The fourth-order valence-corrected chi connectivity index (χ4v) is 2.64. The van der Waals surface area contributed by atoms with Crippen molar-refractivity contribution in [3.8, 4) is 5.75 Å². The van der Waals surface area contributed by atoms with Gasteiger partial charge < -0.3 is 10.1 Å². The van der Waals surface area contributed by atoms with Crippen LogP contribution in [-0.2, 0) is 4.79 Å². The van der Waals surface area contributed by atoms with Crippen LogP contribution in [0, 0.1) is 10.1 Å². The lowest BCUT2D eigenvalue weighted by molar-refractivity contribution is -0.385. The minimum atomic E-state index is -0.614. The van der Waals surface area contributed by atoms with Crippen molar-refractivity contribution in [3.05, 3.63) is 33.9 Å². The SMILES string of the molecule is CCC(=O)c1ccc(OCC(=O)NC2CCCC2)c([N+](=O)[O-])c1. The average Bonchev–Trinajstić information content (AvgIpc) is 3.04. The quantitative estimate of drug-likeness (QED) is 0.473. The topological polar surface area (TPSA) is 98.5 Å². The summed E-state index contributed by atoms with van der Waals surface area (Å²) in [4.78, 5) is 34.0. The summed E-state index contributed by atoms with van der Waals surface area (Å²) in [6.45, 7) is 1.41. The van der Waals surface area contributed by atoms with Gasteiger partial charge in [0.1, 0.15) is 0 Å². The molecule has 124 valence electrons. The monoisotopic (exact) mass is 320 g/mol. The van der Waals surface area contributed by atoms with Crippen LogP contribution in [0.3, 0.4) is 0 Å². The molecule has 1 aliphatic rings. The van der Waals surface area contributed by atoms with E-state index in [9.17, 15) is 19.7 Å². The summed E-state index contributed by atoms with van der Waals surface area (Å²) in [6.07, 6.45) is 4.38. The maximum absolute atomic E-state index is 11.8. The van der Waals surface area contributed by atoms with Crippen LogP contribution in [0.5, 0.6) is 5.75 Å². The van der Waals surface area contributed by atoms with Crippen LogP contribution in [0.4, 0.5) is 5.69 Å². The first kappa shape index (κ1) is 16.9. The Morgan fingerprint density at radius 1 is 1.35 bits per heavy atom. The average molecular weight is 320 g/mol. The van der Waals surface area contributed by atoms with Crippen molar-refractivity contribution in [3.63, 3.8) is 0 Å². The molecule has 0 bridgehead atoms. The van der Waals surface area contributed by atoms with Gasteiger partial charge in [0, 0.05) is 24.1 Å². The van der Waals surface area contributed by atoms with Gasteiger partial charge in [-0.05, 0) is 25.0 Å². The second kappa shape index (κ2) is 7.71. The molecule has 7 heteroatoms. The maximum Gasteiger partial charge on any atom is 0.311 e. The van der Waals surface area contributed by atoms with E-state index in [1.807, 2.05) is 0 Å². The molecule has 0 aromatic heterocycles. The minimum absolute atomic E-state index is 0.00998. The number of nitrogens with zero attached hydrogens (tertiary/aromatic N) is 1. The highest BCUT2D eigenvalue weighted by Crippen LogP contribution is 2.28. The fourth-order valence-electron chi connectivity index (χ4n) is 2.64. The van der Waals surface area contributed by atoms with Gasteiger partial charge in [0.25, 0.3) is 5.91 Å². The molecule has 1 saturated carbocycles. The summed E-state index contributed by atoms with van der Waals surface area (Å²) in [7, 11) is 0. The number of Topliss-reactive ketones (excluding diaryl/α,β-unsaturated/α-hetero) is 1. The number of ether oxygens (including phenoxy) is 1. The number of benzene rings is 1. The van der Waals surface area contributed by atoms with Gasteiger partial charge >= 0.3 is 5.69 Å². The van der Waals surface area contributed by atoms with E-state index in [2.05, 4.69) is 5.32 Å². The standard InChI is InChI=1S/C16H20N2O5/c1-2-14(19)11-7-8-15(13(9-11)18(21)22)23-10-16(20)17-12-5-3-4-6-12/h7-9,12H,2-6,10H2,1H3,(H,17,20). The third-order valence-corrected chi connectivity index (χ3v) is 3.88. The molecular formula is C16H20N2O5. The highest BCUT2D eigenvalue weighted by Gasteiger charge is 2.21. The Kier molecular flexibility index (Phi) is 5.67. The molecule has 0 heterocycles. The Morgan fingerprint density at radius 2 is 2.04 bits per heavy atom. The molecule has 0 radical (unpaired) electrons. The molecule has 1 fully saturated rings. The van der Waals surface area contributed by atoms with Gasteiger partial charge in [-0.2, -0.15) is 0 Å². The number of amides is 1. The Hall–Kier alpha value is -2.44. The first-order valence-corrected chi connectivity index (χ1v) is 7.75. The molecule has 0 saturated heterocycles. The summed E-state index contributed by atoms with van der Waals surface area (Å²) < 4.78 is 5.27. The maximum atomic E-state index is 11.8. The van der Waals surface area contributed by atoms with Gasteiger partial charge in [0.05, 0.1) is 4.92 Å². The van der Waals surface area contributed by atoms with Crippen LogP contribution in [0.2, 0.25) is 0 Å². The molecule has 1 amide bonds. The van der Waals surface area contributed by atoms with Crippen molar-refractivity contribution in [1.82, 2.24) is 5.32 Å². The number of ketones is 1. The molecule has 0 unspecified atom stereocenters. The fraction of sp³-hybridized carbons (Fsp3) is 0.500. The number of nitrogens with one attached hydrogen (secondary N) is 1. The van der Waals surface area contributed by atoms with Gasteiger partial charge in [-0.25, -0.2) is 0 Å². The van der Waals surface area contributed by atoms with Crippen molar-refractivity contribution < 1.29 is 19.2 Å². The first-order chi connectivity index (χ1) is 11.0. The molecule has 2 rings (SSSR count). The number of hydrogen-bond donors (Lipinski definition) is 1. The number of hydrogen-bond acceptors (Lipinski definition) is 5. The van der Waals surface area contributed by atoms with Crippen LogP contribution < -0.4 is 10.1 Å². The summed E-state index contributed by atoms with van der Waals surface area (Å²) in [6, 6.07) is 4.20. The smallest absolute Gasteiger partial charge is 0.311 e. The van der Waals surface area contributed by atoms with Gasteiger partial charge in [-0.15, -0.1) is 0 Å². The normalized spacial score (nSPS) is 14.5. The number of nitro benzene ring substituents is 1. The number of carbonyl (C=O) groups is 2. The molecule has 1 aromatic rings. The molecule has 0 aliphatic heterocycles. The minimum Gasteiger partial charge on any atom is -0.477 e. The van der Waals surface area contributed by atoms with E-state index in [1.54, 1.807) is 6.92 Å². The van der Waals surface area contributed by atoms with E-state index >= 15 is 0 Å². The molecule has 1 aliphatic carbocycles. The lowest BCUT2D eigenvalue weighted by atomic mass is 10.1. The Morgan fingerprint density at radius 3 is 2.65 bits per heavy atom. The predicted molar refractivity (Wildman–Crippen MR) is 83.6 cm³/mol. The predicted octanol–water partition coefficient (Wildman–Crippen LogP) is 2.63.